The highest BCUT2D eigenvalue weighted by Gasteiger charge is 2.27. The summed E-state index contributed by atoms with van der Waals surface area (Å²) in [7, 11) is 0. The van der Waals surface area contributed by atoms with Crippen LogP contribution < -0.4 is 10.2 Å². The van der Waals surface area contributed by atoms with Crippen molar-refractivity contribution in [3.63, 3.8) is 0 Å². The number of fused-ring (bicyclic) bond motifs is 3. The average molecular weight is 627 g/mol. The summed E-state index contributed by atoms with van der Waals surface area (Å²) in [6.07, 6.45) is 7.86. The number of anilines is 1. The van der Waals surface area contributed by atoms with Crippen molar-refractivity contribution in [2.75, 3.05) is 36.2 Å². The van der Waals surface area contributed by atoms with Gasteiger partial charge in [0.1, 0.15) is 5.15 Å². The number of hydrogen-bond donors (Lipinski definition) is 1. The Morgan fingerprint density at radius 1 is 1.05 bits per heavy atom. The van der Waals surface area contributed by atoms with Crippen molar-refractivity contribution >= 4 is 75.3 Å². The molecule has 0 spiro atoms. The Morgan fingerprint density at radius 2 is 1.95 bits per heavy atom. The maximum atomic E-state index is 13.6. The van der Waals surface area contributed by atoms with Crippen LogP contribution in [0.1, 0.15) is 28.8 Å². The zero-order valence-electron chi connectivity index (χ0n) is 22.5. The number of nitrogens with zero attached hydrogens (tertiary/aromatic N) is 4. The van der Waals surface area contributed by atoms with Crippen molar-refractivity contribution in [2.24, 2.45) is 0 Å². The largest absolute Gasteiger partial charge is 0.362 e. The molecule has 10 heteroatoms. The van der Waals surface area contributed by atoms with Crippen molar-refractivity contribution in [3.8, 4) is 0 Å². The van der Waals surface area contributed by atoms with Crippen molar-refractivity contribution in [1.29, 1.82) is 0 Å². The van der Waals surface area contributed by atoms with Crippen LogP contribution in [0.4, 0.5) is 10.5 Å². The molecule has 1 amide bonds. The summed E-state index contributed by atoms with van der Waals surface area (Å²) >= 11 is 20.3. The molecule has 2 aromatic heterocycles. The van der Waals surface area contributed by atoms with Gasteiger partial charge in [-0.3, -0.25) is 9.47 Å². The Morgan fingerprint density at radius 3 is 2.76 bits per heavy atom. The number of hydrogen-bond acceptors (Lipinski definition) is 5. The monoisotopic (exact) mass is 625 g/mol. The van der Waals surface area contributed by atoms with E-state index in [1.54, 1.807) is 12.3 Å². The number of carbonyl (C=O) groups excluding carboxylic acids is 1. The molecule has 4 heterocycles. The van der Waals surface area contributed by atoms with Crippen molar-refractivity contribution in [3.05, 3.63) is 98.4 Å². The van der Waals surface area contributed by atoms with E-state index in [-0.39, 0.29) is 6.03 Å². The number of aromatic nitrogens is 2. The molecule has 1 N–H and O–H groups in total. The predicted molar refractivity (Wildman–Crippen MR) is 173 cm³/mol. The van der Waals surface area contributed by atoms with Gasteiger partial charge >= 0.3 is 6.03 Å². The van der Waals surface area contributed by atoms with Crippen LogP contribution in [0, 0.1) is 0 Å². The molecule has 0 atom stereocenters. The molecule has 212 valence electrons. The first-order valence-corrected chi connectivity index (χ1v) is 16.0. The summed E-state index contributed by atoms with van der Waals surface area (Å²) in [4.78, 5) is 22.5. The zero-order valence-corrected chi connectivity index (χ0v) is 25.5. The van der Waals surface area contributed by atoms with E-state index in [0.717, 1.165) is 66.2 Å². The minimum atomic E-state index is -0.126. The third-order valence-electron chi connectivity index (χ3n) is 7.60. The quantitative estimate of drug-likeness (QED) is 0.222. The number of benzene rings is 2. The van der Waals surface area contributed by atoms with Gasteiger partial charge in [-0.1, -0.05) is 53.0 Å². The van der Waals surface area contributed by atoms with E-state index in [4.69, 9.17) is 34.8 Å². The van der Waals surface area contributed by atoms with Gasteiger partial charge in [-0.2, -0.15) is 0 Å². The van der Waals surface area contributed by atoms with Gasteiger partial charge in [-0.05, 0) is 71.3 Å². The van der Waals surface area contributed by atoms with E-state index in [9.17, 15) is 4.79 Å². The highest BCUT2D eigenvalue weighted by molar-refractivity contribution is 7.99. The van der Waals surface area contributed by atoms with Crippen LogP contribution in [-0.4, -0.2) is 51.7 Å². The molecule has 2 aliphatic heterocycles. The molecule has 0 aliphatic carbocycles. The molecule has 6 nitrogen and oxygen atoms in total. The third-order valence-corrected chi connectivity index (χ3v) is 9.61. The first kappa shape index (κ1) is 28.4. The Bertz CT molecular complexity index is 1620. The fraction of sp³-hybridized carbons (Fsp3) is 0.290. The van der Waals surface area contributed by atoms with Crippen LogP contribution in [0.25, 0.3) is 17.0 Å². The number of thioether (sulfide) groups is 1. The van der Waals surface area contributed by atoms with E-state index < -0.39 is 0 Å². The van der Waals surface area contributed by atoms with E-state index in [1.807, 2.05) is 40.6 Å². The number of carbonyl (C=O) groups is 1. The maximum Gasteiger partial charge on any atom is 0.326 e. The first-order chi connectivity index (χ1) is 20.0. The van der Waals surface area contributed by atoms with Crippen LogP contribution in [0.2, 0.25) is 15.2 Å². The molecule has 41 heavy (non-hydrogen) atoms. The number of rotatable bonds is 6. The van der Waals surface area contributed by atoms with Crippen molar-refractivity contribution in [1.82, 2.24) is 19.8 Å². The van der Waals surface area contributed by atoms with Gasteiger partial charge in [-0.25, -0.2) is 9.78 Å². The van der Waals surface area contributed by atoms with Gasteiger partial charge in [0.15, 0.2) is 0 Å². The molecular formula is C31H30Cl3N5OS. The van der Waals surface area contributed by atoms with Gasteiger partial charge in [0.2, 0.25) is 0 Å². The molecule has 0 radical (unpaired) electrons. The molecule has 0 saturated carbocycles. The summed E-state index contributed by atoms with van der Waals surface area (Å²) in [5, 5.41) is 5.77. The Balaban J connectivity index is 1.28. The second-order valence-electron chi connectivity index (χ2n) is 10.3. The van der Waals surface area contributed by atoms with Crippen LogP contribution in [0.5, 0.6) is 0 Å². The SMILES string of the molecule is O=C(NCc1ccnc(Cl)c1)n1c2c(c3cc(N4CCCSC4)ccc31)CN(C/C=C/c1ccc(Cl)c(Cl)c1)CC2. The molecular weight excluding hydrogens is 597 g/mol. The van der Waals surface area contributed by atoms with Gasteiger partial charge in [0.05, 0.1) is 21.4 Å². The zero-order chi connectivity index (χ0) is 28.3. The van der Waals surface area contributed by atoms with Crippen molar-refractivity contribution in [2.45, 2.75) is 25.9 Å². The fourth-order valence-corrected chi connectivity index (χ4v) is 7.01. The van der Waals surface area contributed by atoms with Crippen LogP contribution >= 0.6 is 46.6 Å². The number of pyridine rings is 1. The fourth-order valence-electron chi connectivity index (χ4n) is 5.55. The highest BCUT2D eigenvalue weighted by Crippen LogP contribution is 2.35. The van der Waals surface area contributed by atoms with Gasteiger partial charge < -0.3 is 10.2 Å². The lowest BCUT2D eigenvalue weighted by Crippen LogP contribution is -2.34. The molecule has 2 aromatic carbocycles. The molecule has 0 bridgehead atoms. The van der Waals surface area contributed by atoms with Gasteiger partial charge in [0.25, 0.3) is 0 Å². The molecule has 4 aromatic rings. The topological polar surface area (TPSA) is 53.4 Å². The van der Waals surface area contributed by atoms with Crippen LogP contribution in [0.15, 0.2) is 60.8 Å². The lowest BCUT2D eigenvalue weighted by molar-refractivity contribution is 0.240. The van der Waals surface area contributed by atoms with Crippen LogP contribution in [0.3, 0.4) is 0 Å². The predicted octanol–water partition coefficient (Wildman–Crippen LogP) is 7.73. The molecule has 0 unspecified atom stereocenters. The van der Waals surface area contributed by atoms with E-state index >= 15 is 0 Å². The summed E-state index contributed by atoms with van der Waals surface area (Å²) in [6.45, 7) is 3.87. The molecule has 2 aliphatic rings. The normalized spacial score (nSPS) is 15.9. The first-order valence-electron chi connectivity index (χ1n) is 13.7. The van der Waals surface area contributed by atoms with Crippen molar-refractivity contribution < 1.29 is 4.79 Å². The number of amides is 1. The summed E-state index contributed by atoms with van der Waals surface area (Å²) in [5.74, 6) is 2.20. The maximum absolute atomic E-state index is 13.6. The third kappa shape index (κ3) is 6.40. The van der Waals surface area contributed by atoms with E-state index in [2.05, 4.69) is 50.5 Å². The summed E-state index contributed by atoms with van der Waals surface area (Å²) in [5.41, 5.74) is 6.40. The smallest absolute Gasteiger partial charge is 0.326 e. The van der Waals surface area contributed by atoms with Gasteiger partial charge in [0, 0.05) is 62.1 Å². The minimum absolute atomic E-state index is 0.126. The Kier molecular flexibility index (Phi) is 8.79. The minimum Gasteiger partial charge on any atom is -0.362 e. The number of nitrogens with one attached hydrogen (secondary N) is 1. The second-order valence-corrected chi connectivity index (χ2v) is 12.6. The second kappa shape index (κ2) is 12.7. The molecule has 6 rings (SSSR count). The summed E-state index contributed by atoms with van der Waals surface area (Å²) in [6, 6.07) is 15.7. The standard InChI is InChI=1S/C31H30Cl3N5OS/c32-26-6-4-21(15-27(26)33)3-1-11-37-13-9-29-25(19-37)24-17-23(38-12-2-14-41-20-38)5-7-28(24)39(29)31(40)36-18-22-8-10-35-30(34)16-22/h1,3-8,10,15-17H,2,9,11-14,18-20H2,(H,36,40)/b3-1+. The van der Waals surface area contributed by atoms with Crippen LogP contribution in [-0.2, 0) is 19.5 Å². The van der Waals surface area contributed by atoms with Gasteiger partial charge in [-0.15, -0.1) is 11.8 Å². The van der Waals surface area contributed by atoms with E-state index in [0.29, 0.717) is 21.7 Å². The Labute approximate surface area is 259 Å². The Hall–Kier alpha value is -2.68. The average Bonchev–Trinajstić information content (AvgIpc) is 3.31. The summed E-state index contributed by atoms with van der Waals surface area (Å²) < 4.78 is 1.88. The number of halogens is 3. The molecule has 1 saturated heterocycles. The lowest BCUT2D eigenvalue weighted by atomic mass is 10.0. The highest BCUT2D eigenvalue weighted by atomic mass is 35.5. The van der Waals surface area contributed by atoms with E-state index in [1.165, 1.54) is 23.4 Å². The lowest BCUT2D eigenvalue weighted by Gasteiger charge is -2.29. The molecule has 1 fully saturated rings.